The number of para-hydroxylation sites is 1. The number of carbonyl (C=O) groups is 1. The molecule has 0 fully saturated rings. The predicted molar refractivity (Wildman–Crippen MR) is 78.7 cm³/mol. The van der Waals surface area contributed by atoms with Crippen molar-refractivity contribution in [3.8, 4) is 0 Å². The summed E-state index contributed by atoms with van der Waals surface area (Å²) in [4.78, 5) is 17.1. The van der Waals surface area contributed by atoms with Crippen molar-refractivity contribution in [3.63, 3.8) is 0 Å². The standard InChI is InChI=1S/C16H18N2O2/c1-13(14-6-5-10-17-12-14)18(11-9-16(19)20)15-7-3-2-4-8-15/h2-8,10,12-13H,9,11H2,1H3,(H,19,20). The number of benzene rings is 1. The fraction of sp³-hybridized carbons (Fsp3) is 0.250. The van der Waals surface area contributed by atoms with Crippen molar-refractivity contribution in [2.45, 2.75) is 19.4 Å². The first-order chi connectivity index (χ1) is 9.68. The highest BCUT2D eigenvalue weighted by Gasteiger charge is 2.17. The van der Waals surface area contributed by atoms with Crippen LogP contribution in [0.5, 0.6) is 0 Å². The van der Waals surface area contributed by atoms with Crippen LogP contribution in [-0.2, 0) is 4.79 Å². The van der Waals surface area contributed by atoms with Crippen molar-refractivity contribution in [3.05, 3.63) is 60.4 Å². The summed E-state index contributed by atoms with van der Waals surface area (Å²) < 4.78 is 0. The summed E-state index contributed by atoms with van der Waals surface area (Å²) in [5.41, 5.74) is 2.09. The van der Waals surface area contributed by atoms with Gasteiger partial charge >= 0.3 is 5.97 Å². The third-order valence-corrected chi connectivity index (χ3v) is 3.29. The van der Waals surface area contributed by atoms with Crippen LogP contribution in [-0.4, -0.2) is 22.6 Å². The molecule has 0 aliphatic carbocycles. The Kier molecular flexibility index (Phi) is 4.71. The number of pyridine rings is 1. The van der Waals surface area contributed by atoms with Crippen LogP contribution in [0.15, 0.2) is 54.9 Å². The maximum absolute atomic E-state index is 10.9. The van der Waals surface area contributed by atoms with Gasteiger partial charge in [-0.25, -0.2) is 0 Å². The second-order valence-corrected chi connectivity index (χ2v) is 4.64. The highest BCUT2D eigenvalue weighted by atomic mass is 16.4. The Morgan fingerprint density at radius 2 is 2.00 bits per heavy atom. The molecule has 0 bridgehead atoms. The van der Waals surface area contributed by atoms with Crippen LogP contribution < -0.4 is 4.90 Å². The zero-order valence-electron chi connectivity index (χ0n) is 11.4. The van der Waals surface area contributed by atoms with Gasteiger partial charge in [-0.1, -0.05) is 24.3 Å². The van der Waals surface area contributed by atoms with E-state index in [0.29, 0.717) is 6.54 Å². The van der Waals surface area contributed by atoms with Crippen LogP contribution >= 0.6 is 0 Å². The van der Waals surface area contributed by atoms with Gasteiger partial charge in [-0.3, -0.25) is 9.78 Å². The van der Waals surface area contributed by atoms with E-state index in [1.165, 1.54) is 0 Å². The van der Waals surface area contributed by atoms with Gasteiger partial charge in [0.05, 0.1) is 12.5 Å². The smallest absolute Gasteiger partial charge is 0.305 e. The van der Waals surface area contributed by atoms with Gasteiger partial charge in [0.2, 0.25) is 0 Å². The first kappa shape index (κ1) is 14.1. The van der Waals surface area contributed by atoms with Gasteiger partial charge in [0.1, 0.15) is 0 Å². The van der Waals surface area contributed by atoms with E-state index < -0.39 is 5.97 Å². The summed E-state index contributed by atoms with van der Waals surface area (Å²) in [5, 5.41) is 8.92. The molecular formula is C16H18N2O2. The molecule has 1 heterocycles. The maximum atomic E-state index is 10.9. The Morgan fingerprint density at radius 3 is 2.60 bits per heavy atom. The lowest BCUT2D eigenvalue weighted by Gasteiger charge is -2.31. The molecule has 1 aromatic carbocycles. The molecule has 20 heavy (non-hydrogen) atoms. The molecule has 0 amide bonds. The molecule has 1 aromatic heterocycles. The number of hydrogen-bond acceptors (Lipinski definition) is 3. The van der Waals surface area contributed by atoms with E-state index >= 15 is 0 Å². The first-order valence-electron chi connectivity index (χ1n) is 6.62. The fourth-order valence-electron chi connectivity index (χ4n) is 2.18. The minimum Gasteiger partial charge on any atom is -0.481 e. The third kappa shape index (κ3) is 3.57. The minimum atomic E-state index is -0.788. The first-order valence-corrected chi connectivity index (χ1v) is 6.62. The summed E-state index contributed by atoms with van der Waals surface area (Å²) in [6, 6.07) is 13.8. The van der Waals surface area contributed by atoms with E-state index in [2.05, 4.69) is 16.8 Å². The van der Waals surface area contributed by atoms with Crippen LogP contribution in [0.4, 0.5) is 5.69 Å². The maximum Gasteiger partial charge on any atom is 0.305 e. The quantitative estimate of drug-likeness (QED) is 0.876. The molecule has 4 heteroatoms. The Balaban J connectivity index is 2.24. The Morgan fingerprint density at radius 1 is 1.25 bits per heavy atom. The van der Waals surface area contributed by atoms with E-state index in [0.717, 1.165) is 11.3 Å². The number of aliphatic carboxylic acids is 1. The highest BCUT2D eigenvalue weighted by molar-refractivity contribution is 5.67. The van der Waals surface area contributed by atoms with Crippen molar-refractivity contribution in [1.82, 2.24) is 4.98 Å². The van der Waals surface area contributed by atoms with Crippen molar-refractivity contribution in [1.29, 1.82) is 0 Å². The van der Waals surface area contributed by atoms with Gasteiger partial charge in [-0.05, 0) is 30.7 Å². The lowest BCUT2D eigenvalue weighted by Crippen LogP contribution is -2.29. The Hall–Kier alpha value is -2.36. The molecule has 0 aliphatic rings. The molecule has 0 saturated heterocycles. The van der Waals surface area contributed by atoms with Crippen molar-refractivity contribution < 1.29 is 9.90 Å². The molecule has 104 valence electrons. The van der Waals surface area contributed by atoms with E-state index in [-0.39, 0.29) is 12.5 Å². The van der Waals surface area contributed by atoms with Gasteiger partial charge in [0.25, 0.3) is 0 Å². The number of aromatic nitrogens is 1. The summed E-state index contributed by atoms with van der Waals surface area (Å²) in [5.74, 6) is -0.788. The topological polar surface area (TPSA) is 53.4 Å². The Bertz CT molecular complexity index is 543. The van der Waals surface area contributed by atoms with E-state index in [1.807, 2.05) is 48.7 Å². The lowest BCUT2D eigenvalue weighted by molar-refractivity contribution is -0.136. The molecular weight excluding hydrogens is 252 g/mol. The minimum absolute atomic E-state index is 0.0745. The zero-order valence-corrected chi connectivity index (χ0v) is 11.4. The van der Waals surface area contributed by atoms with Gasteiger partial charge < -0.3 is 10.0 Å². The number of rotatable bonds is 6. The summed E-state index contributed by atoms with van der Waals surface area (Å²) in [7, 11) is 0. The van der Waals surface area contributed by atoms with Crippen molar-refractivity contribution >= 4 is 11.7 Å². The summed E-state index contributed by atoms with van der Waals surface area (Å²) >= 11 is 0. The number of nitrogens with zero attached hydrogens (tertiary/aromatic N) is 2. The highest BCUT2D eigenvalue weighted by Crippen LogP contribution is 2.26. The molecule has 0 radical (unpaired) electrons. The average Bonchev–Trinajstić information content (AvgIpc) is 2.49. The van der Waals surface area contributed by atoms with Gasteiger partial charge in [-0.15, -0.1) is 0 Å². The normalized spacial score (nSPS) is 11.8. The van der Waals surface area contributed by atoms with E-state index in [9.17, 15) is 4.79 Å². The number of hydrogen-bond donors (Lipinski definition) is 1. The van der Waals surface area contributed by atoms with Gasteiger partial charge in [0, 0.05) is 24.6 Å². The molecule has 0 saturated carbocycles. The molecule has 2 rings (SSSR count). The zero-order chi connectivity index (χ0) is 14.4. The monoisotopic (exact) mass is 270 g/mol. The molecule has 2 aromatic rings. The third-order valence-electron chi connectivity index (χ3n) is 3.29. The molecule has 1 atom stereocenters. The lowest BCUT2D eigenvalue weighted by atomic mass is 10.1. The molecule has 4 nitrogen and oxygen atoms in total. The average molecular weight is 270 g/mol. The predicted octanol–water partition coefficient (Wildman–Crippen LogP) is 3.12. The van der Waals surface area contributed by atoms with Crippen LogP contribution in [0.1, 0.15) is 24.9 Å². The van der Waals surface area contributed by atoms with Crippen molar-refractivity contribution in [2.24, 2.45) is 0 Å². The molecule has 0 aliphatic heterocycles. The second-order valence-electron chi connectivity index (χ2n) is 4.64. The summed E-state index contributed by atoms with van der Waals surface area (Å²) in [6.07, 6.45) is 3.67. The van der Waals surface area contributed by atoms with Crippen molar-refractivity contribution in [2.75, 3.05) is 11.4 Å². The van der Waals surface area contributed by atoms with Gasteiger partial charge in [-0.2, -0.15) is 0 Å². The molecule has 1 N–H and O–H groups in total. The number of carboxylic acids is 1. The van der Waals surface area contributed by atoms with E-state index in [1.54, 1.807) is 6.20 Å². The molecule has 1 unspecified atom stereocenters. The van der Waals surface area contributed by atoms with E-state index in [4.69, 9.17) is 5.11 Å². The molecule has 0 spiro atoms. The number of anilines is 1. The largest absolute Gasteiger partial charge is 0.481 e. The SMILES string of the molecule is CC(c1cccnc1)N(CCC(=O)O)c1ccccc1. The number of carboxylic acid groups (broad SMARTS) is 1. The van der Waals surface area contributed by atoms with Crippen LogP contribution in [0.2, 0.25) is 0 Å². The fourth-order valence-corrected chi connectivity index (χ4v) is 2.18. The van der Waals surface area contributed by atoms with Crippen LogP contribution in [0, 0.1) is 0 Å². The van der Waals surface area contributed by atoms with Crippen LogP contribution in [0.3, 0.4) is 0 Å². The summed E-state index contributed by atoms with van der Waals surface area (Å²) in [6.45, 7) is 2.53. The Labute approximate surface area is 118 Å². The van der Waals surface area contributed by atoms with Gasteiger partial charge in [0.15, 0.2) is 0 Å². The second kappa shape index (κ2) is 6.70. The van der Waals surface area contributed by atoms with Crippen LogP contribution in [0.25, 0.3) is 0 Å².